The molecular formula is C13H24N2O. The Bertz CT molecular complexity index is 353. The average Bonchev–Trinajstić information content (AvgIpc) is 2.51. The third-order valence-electron chi connectivity index (χ3n) is 3.15. The van der Waals surface area contributed by atoms with Crippen molar-refractivity contribution in [1.82, 2.24) is 9.88 Å². The van der Waals surface area contributed by atoms with Crippen molar-refractivity contribution in [1.29, 1.82) is 0 Å². The quantitative estimate of drug-likeness (QED) is 0.802. The van der Waals surface area contributed by atoms with Crippen molar-refractivity contribution in [3.8, 4) is 0 Å². The molecule has 1 heterocycles. The molecule has 1 aromatic heterocycles. The van der Waals surface area contributed by atoms with Crippen molar-refractivity contribution in [2.75, 3.05) is 6.61 Å². The zero-order valence-corrected chi connectivity index (χ0v) is 11.1. The topological polar surface area (TPSA) is 37.2 Å². The van der Waals surface area contributed by atoms with E-state index in [1.54, 1.807) is 0 Å². The maximum atomic E-state index is 9.18. The second-order valence-electron chi connectivity index (χ2n) is 5.04. The standard InChI is InChI=1S/C13H24N2O/c1-6-15-10(2)7-12(11(15)3)8-14-13(4,5)9-16/h7,14,16H,6,8-9H2,1-5H3. The van der Waals surface area contributed by atoms with Crippen LogP contribution in [0.5, 0.6) is 0 Å². The Morgan fingerprint density at radius 3 is 2.44 bits per heavy atom. The highest BCUT2D eigenvalue weighted by molar-refractivity contribution is 5.26. The molecule has 92 valence electrons. The molecule has 0 aliphatic heterocycles. The summed E-state index contributed by atoms with van der Waals surface area (Å²) in [5.74, 6) is 0. The summed E-state index contributed by atoms with van der Waals surface area (Å²) in [5, 5.41) is 12.5. The highest BCUT2D eigenvalue weighted by Crippen LogP contribution is 2.15. The molecule has 0 spiro atoms. The first-order valence-corrected chi connectivity index (χ1v) is 5.92. The number of hydrogen-bond acceptors (Lipinski definition) is 2. The number of aliphatic hydroxyl groups excluding tert-OH is 1. The normalized spacial score (nSPS) is 12.1. The van der Waals surface area contributed by atoms with E-state index in [2.05, 4.69) is 36.7 Å². The second-order valence-corrected chi connectivity index (χ2v) is 5.04. The van der Waals surface area contributed by atoms with Gasteiger partial charge in [0, 0.05) is 30.0 Å². The van der Waals surface area contributed by atoms with Gasteiger partial charge in [0.25, 0.3) is 0 Å². The number of rotatable bonds is 5. The van der Waals surface area contributed by atoms with Crippen molar-refractivity contribution in [2.24, 2.45) is 0 Å². The molecule has 0 saturated heterocycles. The number of aliphatic hydroxyl groups is 1. The Morgan fingerprint density at radius 1 is 1.38 bits per heavy atom. The Labute approximate surface area is 98.5 Å². The summed E-state index contributed by atoms with van der Waals surface area (Å²) in [5.41, 5.74) is 3.73. The van der Waals surface area contributed by atoms with Crippen LogP contribution in [0, 0.1) is 13.8 Å². The summed E-state index contributed by atoms with van der Waals surface area (Å²) in [6, 6.07) is 2.22. The first-order valence-electron chi connectivity index (χ1n) is 5.92. The lowest BCUT2D eigenvalue weighted by Gasteiger charge is -2.23. The molecule has 0 saturated carbocycles. The van der Waals surface area contributed by atoms with E-state index >= 15 is 0 Å². The van der Waals surface area contributed by atoms with Crippen LogP contribution in [0.3, 0.4) is 0 Å². The molecule has 0 atom stereocenters. The van der Waals surface area contributed by atoms with Crippen LogP contribution in [0.1, 0.15) is 37.7 Å². The zero-order valence-electron chi connectivity index (χ0n) is 11.1. The molecule has 1 aromatic rings. The molecule has 0 aliphatic rings. The van der Waals surface area contributed by atoms with E-state index in [0.29, 0.717) is 0 Å². The van der Waals surface area contributed by atoms with Gasteiger partial charge in [0.15, 0.2) is 0 Å². The molecule has 16 heavy (non-hydrogen) atoms. The van der Waals surface area contributed by atoms with Crippen LogP contribution < -0.4 is 5.32 Å². The number of nitrogens with one attached hydrogen (secondary N) is 1. The highest BCUT2D eigenvalue weighted by Gasteiger charge is 2.16. The van der Waals surface area contributed by atoms with Crippen LogP contribution >= 0.6 is 0 Å². The first-order chi connectivity index (χ1) is 7.41. The van der Waals surface area contributed by atoms with Gasteiger partial charge in [0.05, 0.1) is 6.61 Å². The first kappa shape index (κ1) is 13.3. The lowest BCUT2D eigenvalue weighted by Crippen LogP contribution is -2.42. The molecule has 0 amide bonds. The average molecular weight is 224 g/mol. The smallest absolute Gasteiger partial charge is 0.0607 e. The van der Waals surface area contributed by atoms with Crippen LogP contribution in [-0.4, -0.2) is 21.8 Å². The van der Waals surface area contributed by atoms with Gasteiger partial charge < -0.3 is 15.0 Å². The van der Waals surface area contributed by atoms with Gasteiger partial charge >= 0.3 is 0 Å². The van der Waals surface area contributed by atoms with Crippen LogP contribution in [0.4, 0.5) is 0 Å². The van der Waals surface area contributed by atoms with Gasteiger partial charge in [-0.15, -0.1) is 0 Å². The molecule has 0 radical (unpaired) electrons. The van der Waals surface area contributed by atoms with Crippen LogP contribution in [0.2, 0.25) is 0 Å². The molecule has 1 rings (SSSR count). The molecule has 0 aromatic carbocycles. The van der Waals surface area contributed by atoms with Crippen molar-refractivity contribution < 1.29 is 5.11 Å². The Hall–Kier alpha value is -0.800. The van der Waals surface area contributed by atoms with Crippen LogP contribution in [0.25, 0.3) is 0 Å². The maximum Gasteiger partial charge on any atom is 0.0607 e. The maximum absolute atomic E-state index is 9.18. The zero-order chi connectivity index (χ0) is 12.3. The summed E-state index contributed by atoms with van der Waals surface area (Å²) in [6.45, 7) is 12.4. The minimum Gasteiger partial charge on any atom is -0.394 e. The Morgan fingerprint density at radius 2 is 2.00 bits per heavy atom. The van der Waals surface area contributed by atoms with E-state index in [-0.39, 0.29) is 12.1 Å². The van der Waals surface area contributed by atoms with Gasteiger partial charge in [-0.3, -0.25) is 0 Å². The number of aryl methyl sites for hydroxylation is 1. The van der Waals surface area contributed by atoms with Gasteiger partial charge in [-0.2, -0.15) is 0 Å². The molecule has 0 unspecified atom stereocenters. The van der Waals surface area contributed by atoms with E-state index in [9.17, 15) is 5.11 Å². The van der Waals surface area contributed by atoms with E-state index in [1.807, 2.05) is 13.8 Å². The number of aromatic nitrogens is 1. The predicted molar refractivity (Wildman–Crippen MR) is 67.6 cm³/mol. The summed E-state index contributed by atoms with van der Waals surface area (Å²) >= 11 is 0. The number of hydrogen-bond donors (Lipinski definition) is 2. The van der Waals surface area contributed by atoms with Crippen LogP contribution in [-0.2, 0) is 13.1 Å². The Kier molecular flexibility index (Phi) is 4.16. The van der Waals surface area contributed by atoms with E-state index in [1.165, 1.54) is 17.0 Å². The summed E-state index contributed by atoms with van der Waals surface area (Å²) < 4.78 is 2.31. The summed E-state index contributed by atoms with van der Waals surface area (Å²) in [6.07, 6.45) is 0. The molecular weight excluding hydrogens is 200 g/mol. The molecule has 0 fully saturated rings. The van der Waals surface area contributed by atoms with Crippen molar-refractivity contribution >= 4 is 0 Å². The van der Waals surface area contributed by atoms with Crippen molar-refractivity contribution in [3.63, 3.8) is 0 Å². The predicted octanol–water partition coefficient (Wildman–Crippen LogP) is 1.99. The fourth-order valence-electron chi connectivity index (χ4n) is 1.93. The van der Waals surface area contributed by atoms with E-state index < -0.39 is 0 Å². The monoisotopic (exact) mass is 224 g/mol. The van der Waals surface area contributed by atoms with Gasteiger partial charge in [0.2, 0.25) is 0 Å². The van der Waals surface area contributed by atoms with Gasteiger partial charge in [-0.1, -0.05) is 0 Å². The molecule has 0 bridgehead atoms. The van der Waals surface area contributed by atoms with Crippen molar-refractivity contribution in [2.45, 2.75) is 53.2 Å². The highest BCUT2D eigenvalue weighted by atomic mass is 16.3. The second kappa shape index (κ2) is 5.02. The SMILES string of the molecule is CCn1c(C)cc(CNC(C)(C)CO)c1C. The number of nitrogens with zero attached hydrogens (tertiary/aromatic N) is 1. The lowest BCUT2D eigenvalue weighted by molar-refractivity contribution is 0.187. The molecule has 3 nitrogen and oxygen atoms in total. The minimum atomic E-state index is -0.214. The van der Waals surface area contributed by atoms with Gasteiger partial charge in [-0.25, -0.2) is 0 Å². The van der Waals surface area contributed by atoms with Gasteiger partial charge in [-0.05, 0) is 46.2 Å². The third kappa shape index (κ3) is 2.86. The Balaban J connectivity index is 2.75. The fourth-order valence-corrected chi connectivity index (χ4v) is 1.93. The molecule has 0 aliphatic carbocycles. The van der Waals surface area contributed by atoms with Gasteiger partial charge in [0.1, 0.15) is 0 Å². The molecule has 3 heteroatoms. The largest absolute Gasteiger partial charge is 0.394 e. The minimum absolute atomic E-state index is 0.152. The van der Waals surface area contributed by atoms with Crippen LogP contribution in [0.15, 0.2) is 6.07 Å². The lowest BCUT2D eigenvalue weighted by atomic mass is 10.1. The summed E-state index contributed by atoms with van der Waals surface area (Å²) in [7, 11) is 0. The third-order valence-corrected chi connectivity index (χ3v) is 3.15. The summed E-state index contributed by atoms with van der Waals surface area (Å²) in [4.78, 5) is 0. The van der Waals surface area contributed by atoms with E-state index in [4.69, 9.17) is 0 Å². The molecule has 2 N–H and O–H groups in total. The van der Waals surface area contributed by atoms with Crippen molar-refractivity contribution in [3.05, 3.63) is 23.0 Å². The fraction of sp³-hybridized carbons (Fsp3) is 0.692. The van der Waals surface area contributed by atoms with E-state index in [0.717, 1.165) is 13.1 Å².